The maximum Gasteiger partial charge on any atom is 0.379 e. The van der Waals surface area contributed by atoms with Crippen LogP contribution in [0.1, 0.15) is 5.56 Å². The summed E-state index contributed by atoms with van der Waals surface area (Å²) in [5.74, 6) is -5.68. The normalized spacial score (nSPS) is 11.2. The highest BCUT2D eigenvalue weighted by Gasteiger charge is 2.40. The number of rotatable bonds is 6. The van der Waals surface area contributed by atoms with Crippen LogP contribution in [0.4, 0.5) is 8.78 Å². The fraction of sp³-hybridized carbons (Fsp3) is 0.364. The van der Waals surface area contributed by atoms with Crippen molar-refractivity contribution in [1.82, 2.24) is 0 Å². The van der Waals surface area contributed by atoms with Gasteiger partial charge in [-0.25, -0.2) is 4.79 Å². The number of methoxy groups -OCH3 is 1. The monoisotopic (exact) mass is 246 g/mol. The molecule has 94 valence electrons. The van der Waals surface area contributed by atoms with Crippen molar-refractivity contribution in [1.29, 1.82) is 0 Å². The van der Waals surface area contributed by atoms with Crippen LogP contribution < -0.4 is 4.74 Å². The summed E-state index contributed by atoms with van der Waals surface area (Å²) < 4.78 is 36.0. The maximum atomic E-state index is 13.1. The summed E-state index contributed by atoms with van der Waals surface area (Å²) in [6, 6.07) is 4.64. The molecule has 1 N–H and O–H groups in total. The standard InChI is InChI=1S/C11H12F2O4/c1-16-6-7-17-9-4-2-8(3-5-9)11(12,13)10(14)15/h2-5H,6-7H2,1H3,(H,14,15). The Hall–Kier alpha value is -1.69. The van der Waals surface area contributed by atoms with E-state index in [0.717, 1.165) is 12.1 Å². The Bertz CT molecular complexity index is 376. The van der Waals surface area contributed by atoms with E-state index in [2.05, 4.69) is 0 Å². The van der Waals surface area contributed by atoms with E-state index >= 15 is 0 Å². The number of hydrogen-bond acceptors (Lipinski definition) is 3. The number of carboxylic acid groups (broad SMARTS) is 1. The van der Waals surface area contributed by atoms with E-state index in [9.17, 15) is 13.6 Å². The van der Waals surface area contributed by atoms with Gasteiger partial charge in [0.1, 0.15) is 12.4 Å². The Morgan fingerprint density at radius 3 is 2.35 bits per heavy atom. The number of alkyl halides is 2. The molecule has 0 bridgehead atoms. The molecule has 0 heterocycles. The second-order valence-corrected chi connectivity index (χ2v) is 3.25. The van der Waals surface area contributed by atoms with Crippen LogP contribution in [0.3, 0.4) is 0 Å². The smallest absolute Gasteiger partial charge is 0.379 e. The largest absolute Gasteiger partial charge is 0.491 e. The molecule has 0 unspecified atom stereocenters. The van der Waals surface area contributed by atoms with Crippen molar-refractivity contribution in [2.45, 2.75) is 5.92 Å². The molecule has 0 spiro atoms. The topological polar surface area (TPSA) is 55.8 Å². The summed E-state index contributed by atoms with van der Waals surface area (Å²) in [6.07, 6.45) is 0. The summed E-state index contributed by atoms with van der Waals surface area (Å²) in [5, 5.41) is 8.34. The van der Waals surface area contributed by atoms with Gasteiger partial charge in [-0.1, -0.05) is 0 Å². The molecule has 0 aromatic heterocycles. The third-order valence-corrected chi connectivity index (χ3v) is 2.04. The minimum Gasteiger partial charge on any atom is -0.491 e. The lowest BCUT2D eigenvalue weighted by atomic mass is 10.1. The third kappa shape index (κ3) is 3.39. The highest BCUT2D eigenvalue weighted by molar-refractivity contribution is 5.77. The Morgan fingerprint density at radius 1 is 1.29 bits per heavy atom. The van der Waals surface area contributed by atoms with E-state index in [1.165, 1.54) is 19.2 Å². The average molecular weight is 246 g/mol. The molecule has 0 fully saturated rings. The number of carboxylic acids is 1. The lowest BCUT2D eigenvalue weighted by Crippen LogP contribution is -2.25. The quantitative estimate of drug-likeness (QED) is 0.779. The molecule has 1 aromatic carbocycles. The molecule has 1 aromatic rings. The molecule has 0 aliphatic heterocycles. The zero-order chi connectivity index (χ0) is 12.9. The van der Waals surface area contributed by atoms with Gasteiger partial charge in [-0.3, -0.25) is 0 Å². The van der Waals surface area contributed by atoms with Crippen molar-refractivity contribution in [2.24, 2.45) is 0 Å². The number of ether oxygens (including phenoxy) is 2. The Balaban J connectivity index is 2.71. The number of carbonyl (C=O) groups is 1. The van der Waals surface area contributed by atoms with Gasteiger partial charge in [-0.15, -0.1) is 0 Å². The van der Waals surface area contributed by atoms with Crippen LogP contribution in [0.2, 0.25) is 0 Å². The number of aliphatic carboxylic acids is 1. The highest BCUT2D eigenvalue weighted by atomic mass is 19.3. The zero-order valence-corrected chi connectivity index (χ0v) is 9.15. The van der Waals surface area contributed by atoms with Crippen LogP contribution in [0.15, 0.2) is 24.3 Å². The summed E-state index contributed by atoms with van der Waals surface area (Å²) in [4.78, 5) is 10.3. The van der Waals surface area contributed by atoms with Gasteiger partial charge < -0.3 is 14.6 Å². The Labute approximate surface area is 96.8 Å². The van der Waals surface area contributed by atoms with Gasteiger partial charge in [0.05, 0.1) is 6.61 Å². The first kappa shape index (κ1) is 13.4. The molecule has 0 saturated heterocycles. The summed E-state index contributed by atoms with van der Waals surface area (Å²) in [5.41, 5.74) is -0.580. The molecule has 0 atom stereocenters. The second kappa shape index (κ2) is 5.58. The van der Waals surface area contributed by atoms with Crippen molar-refractivity contribution >= 4 is 5.97 Å². The van der Waals surface area contributed by atoms with Crippen LogP contribution in [0.25, 0.3) is 0 Å². The second-order valence-electron chi connectivity index (χ2n) is 3.25. The SMILES string of the molecule is COCCOc1ccc(C(F)(F)C(=O)O)cc1. The van der Waals surface area contributed by atoms with E-state index in [1.54, 1.807) is 0 Å². The van der Waals surface area contributed by atoms with Crippen LogP contribution in [0.5, 0.6) is 5.75 Å². The fourth-order valence-corrected chi connectivity index (χ4v) is 1.13. The van der Waals surface area contributed by atoms with Crippen LogP contribution in [0, 0.1) is 0 Å². The summed E-state index contributed by atoms with van der Waals surface area (Å²) in [7, 11) is 1.51. The van der Waals surface area contributed by atoms with Gasteiger partial charge in [0.15, 0.2) is 0 Å². The number of hydrogen-bond donors (Lipinski definition) is 1. The van der Waals surface area contributed by atoms with Gasteiger partial charge >= 0.3 is 11.9 Å². The summed E-state index contributed by atoms with van der Waals surface area (Å²) >= 11 is 0. The zero-order valence-electron chi connectivity index (χ0n) is 9.15. The van der Waals surface area contributed by atoms with Crippen molar-refractivity contribution in [2.75, 3.05) is 20.3 Å². The van der Waals surface area contributed by atoms with Crippen molar-refractivity contribution < 1.29 is 28.2 Å². The third-order valence-electron chi connectivity index (χ3n) is 2.04. The molecule has 4 nitrogen and oxygen atoms in total. The molecule has 0 saturated carbocycles. The van der Waals surface area contributed by atoms with E-state index in [0.29, 0.717) is 19.0 Å². The van der Waals surface area contributed by atoms with Crippen LogP contribution in [-0.2, 0) is 15.5 Å². The average Bonchev–Trinajstić information content (AvgIpc) is 2.30. The minimum absolute atomic E-state index is 0.297. The Morgan fingerprint density at radius 2 is 1.88 bits per heavy atom. The van der Waals surface area contributed by atoms with Crippen LogP contribution >= 0.6 is 0 Å². The lowest BCUT2D eigenvalue weighted by molar-refractivity contribution is -0.166. The molecule has 0 aliphatic rings. The predicted octanol–water partition coefficient (Wildman–Crippen LogP) is 1.89. The van der Waals surface area contributed by atoms with E-state index in [1.807, 2.05) is 0 Å². The molecule has 0 radical (unpaired) electrons. The number of benzene rings is 1. The van der Waals surface area contributed by atoms with Gasteiger partial charge in [0.2, 0.25) is 0 Å². The summed E-state index contributed by atoms with van der Waals surface area (Å²) in [6.45, 7) is 0.679. The van der Waals surface area contributed by atoms with Crippen molar-refractivity contribution in [3.05, 3.63) is 29.8 Å². The van der Waals surface area contributed by atoms with E-state index in [-0.39, 0.29) is 0 Å². The molecule has 0 aliphatic carbocycles. The molecule has 0 amide bonds. The minimum atomic E-state index is -3.88. The first-order valence-corrected chi connectivity index (χ1v) is 4.82. The predicted molar refractivity (Wildman–Crippen MR) is 55.3 cm³/mol. The van der Waals surface area contributed by atoms with Crippen molar-refractivity contribution in [3.8, 4) is 5.75 Å². The molecule has 1 rings (SSSR count). The molecular weight excluding hydrogens is 234 g/mol. The maximum absolute atomic E-state index is 13.1. The fourth-order valence-electron chi connectivity index (χ4n) is 1.13. The van der Waals surface area contributed by atoms with Gasteiger partial charge in [0.25, 0.3) is 0 Å². The van der Waals surface area contributed by atoms with Gasteiger partial charge in [-0.2, -0.15) is 8.78 Å². The molecular formula is C11H12F2O4. The van der Waals surface area contributed by atoms with Crippen molar-refractivity contribution in [3.63, 3.8) is 0 Å². The highest BCUT2D eigenvalue weighted by Crippen LogP contribution is 2.29. The van der Waals surface area contributed by atoms with Gasteiger partial charge in [-0.05, 0) is 24.3 Å². The first-order valence-electron chi connectivity index (χ1n) is 4.82. The Kier molecular flexibility index (Phi) is 4.39. The first-order chi connectivity index (χ1) is 7.98. The van der Waals surface area contributed by atoms with E-state index < -0.39 is 17.5 Å². The van der Waals surface area contributed by atoms with Gasteiger partial charge in [0, 0.05) is 12.7 Å². The van der Waals surface area contributed by atoms with Crippen LogP contribution in [-0.4, -0.2) is 31.4 Å². The van der Waals surface area contributed by atoms with E-state index in [4.69, 9.17) is 14.6 Å². The number of halogens is 2. The molecule has 6 heteroatoms. The lowest BCUT2D eigenvalue weighted by Gasteiger charge is -2.12. The molecule has 17 heavy (non-hydrogen) atoms.